The Kier molecular flexibility index (Phi) is 4.97. The van der Waals surface area contributed by atoms with Gasteiger partial charge in [0.1, 0.15) is 0 Å². The van der Waals surface area contributed by atoms with Gasteiger partial charge in [0, 0.05) is 5.88 Å². The molecule has 0 bridgehead atoms. The van der Waals surface area contributed by atoms with Crippen LogP contribution >= 0.6 is 19.2 Å². The zero-order valence-electron chi connectivity index (χ0n) is 11.2. The molecule has 0 radical (unpaired) electrons. The van der Waals surface area contributed by atoms with Crippen molar-refractivity contribution in [2.45, 2.75) is 57.3 Å². The van der Waals surface area contributed by atoms with Crippen molar-refractivity contribution in [3.8, 4) is 0 Å². The van der Waals surface area contributed by atoms with E-state index in [0.29, 0.717) is 12.3 Å². The van der Waals surface area contributed by atoms with Crippen molar-refractivity contribution in [1.29, 1.82) is 0 Å². The first-order valence-corrected chi connectivity index (χ1v) is 8.20. The van der Waals surface area contributed by atoms with Crippen LogP contribution in [0.25, 0.3) is 0 Å². The molecule has 1 aliphatic heterocycles. The summed E-state index contributed by atoms with van der Waals surface area (Å²) in [5.74, 6) is 0.357. The van der Waals surface area contributed by atoms with Crippen molar-refractivity contribution >= 4 is 26.3 Å². The summed E-state index contributed by atoms with van der Waals surface area (Å²) in [4.78, 5) is 18.8. The molecule has 18 heavy (non-hydrogen) atoms. The van der Waals surface area contributed by atoms with Gasteiger partial charge in [-0.15, -0.1) is 11.6 Å². The fourth-order valence-electron chi connectivity index (χ4n) is 1.79. The zero-order valence-corrected chi connectivity index (χ0v) is 12.9. The lowest BCUT2D eigenvalue weighted by molar-refractivity contribution is 0.00578. The minimum atomic E-state index is -4.28. The molecule has 0 aromatic carbocycles. The first-order valence-electron chi connectivity index (χ1n) is 5.98. The molecule has 1 fully saturated rings. The predicted octanol–water partition coefficient (Wildman–Crippen LogP) is 2.18. The molecule has 106 valence electrons. The van der Waals surface area contributed by atoms with Crippen LogP contribution in [0.4, 0.5) is 0 Å². The van der Waals surface area contributed by atoms with Gasteiger partial charge in [-0.2, -0.15) is 0 Å². The summed E-state index contributed by atoms with van der Waals surface area (Å²) in [5, 5.41) is 0. The third-order valence-corrected chi connectivity index (χ3v) is 5.28. The molecule has 1 aliphatic rings. The summed E-state index contributed by atoms with van der Waals surface area (Å²) in [6, 6.07) is 0. The van der Waals surface area contributed by atoms with Crippen LogP contribution in [0.15, 0.2) is 0 Å². The molecule has 1 atom stereocenters. The molecular formula is C10H21BClO5P. The smallest absolute Gasteiger partial charge is 0.403 e. The third kappa shape index (κ3) is 3.50. The first kappa shape index (κ1) is 16.5. The van der Waals surface area contributed by atoms with Gasteiger partial charge in [-0.05, 0) is 40.5 Å². The number of alkyl halides is 1. The van der Waals surface area contributed by atoms with Gasteiger partial charge in [0.25, 0.3) is 0 Å². The Morgan fingerprint density at radius 3 is 2.00 bits per heavy atom. The van der Waals surface area contributed by atoms with Gasteiger partial charge in [-0.1, -0.05) is 0 Å². The maximum atomic E-state index is 11.5. The average molecular weight is 299 g/mol. The van der Waals surface area contributed by atoms with Crippen LogP contribution in [0.3, 0.4) is 0 Å². The van der Waals surface area contributed by atoms with Gasteiger partial charge in [0.15, 0.2) is 0 Å². The second-order valence-electron chi connectivity index (χ2n) is 5.61. The molecule has 8 heteroatoms. The van der Waals surface area contributed by atoms with Crippen molar-refractivity contribution in [1.82, 2.24) is 0 Å². The van der Waals surface area contributed by atoms with Crippen LogP contribution in [-0.4, -0.2) is 39.5 Å². The fourth-order valence-corrected chi connectivity index (χ4v) is 2.91. The van der Waals surface area contributed by atoms with Crippen molar-refractivity contribution in [2.24, 2.45) is 0 Å². The van der Waals surface area contributed by atoms with E-state index in [2.05, 4.69) is 0 Å². The van der Waals surface area contributed by atoms with Crippen LogP contribution in [0.5, 0.6) is 0 Å². The quantitative estimate of drug-likeness (QED) is 0.462. The average Bonchev–Trinajstić information content (AvgIpc) is 2.34. The lowest BCUT2D eigenvalue weighted by atomic mass is 9.81. The monoisotopic (exact) mass is 298 g/mol. The van der Waals surface area contributed by atoms with Gasteiger partial charge in [0.2, 0.25) is 0 Å². The molecule has 0 spiro atoms. The molecule has 0 aliphatic carbocycles. The summed E-state index contributed by atoms with van der Waals surface area (Å²) < 4.78 is 22.9. The third-order valence-electron chi connectivity index (χ3n) is 3.65. The van der Waals surface area contributed by atoms with Gasteiger partial charge in [-0.25, -0.2) is 0 Å². The van der Waals surface area contributed by atoms with E-state index in [-0.39, 0.29) is 6.42 Å². The predicted molar refractivity (Wildman–Crippen MR) is 71.9 cm³/mol. The number of hydrogen-bond acceptors (Lipinski definition) is 3. The maximum Gasteiger partial charge on any atom is 0.473 e. The maximum absolute atomic E-state index is 11.5. The van der Waals surface area contributed by atoms with Crippen LogP contribution in [-0.2, 0) is 13.9 Å². The Labute approximate surface area is 113 Å². The van der Waals surface area contributed by atoms with E-state index in [4.69, 9.17) is 20.9 Å². The van der Waals surface area contributed by atoms with Crippen LogP contribution < -0.4 is 0 Å². The van der Waals surface area contributed by atoms with E-state index in [1.165, 1.54) is 0 Å². The largest absolute Gasteiger partial charge is 0.473 e. The first-order chi connectivity index (χ1) is 8.01. The highest BCUT2D eigenvalue weighted by Crippen LogP contribution is 2.49. The molecule has 5 nitrogen and oxygen atoms in total. The van der Waals surface area contributed by atoms with Crippen LogP contribution in [0.1, 0.15) is 40.5 Å². The van der Waals surface area contributed by atoms with Crippen LogP contribution in [0.2, 0.25) is 0 Å². The van der Waals surface area contributed by atoms with Crippen molar-refractivity contribution < 1.29 is 23.7 Å². The number of hydrogen-bond donors (Lipinski definition) is 2. The molecule has 1 saturated heterocycles. The lowest BCUT2D eigenvalue weighted by Crippen LogP contribution is -2.41. The van der Waals surface area contributed by atoms with E-state index in [9.17, 15) is 14.4 Å². The zero-order chi connectivity index (χ0) is 14.2. The van der Waals surface area contributed by atoms with Gasteiger partial charge in [-0.3, -0.25) is 4.57 Å². The van der Waals surface area contributed by atoms with Gasteiger partial charge < -0.3 is 19.1 Å². The number of halogens is 1. The Bertz CT molecular complexity index is 327. The lowest BCUT2D eigenvalue weighted by Gasteiger charge is -2.32. The van der Waals surface area contributed by atoms with E-state index in [1.807, 2.05) is 27.7 Å². The molecule has 0 saturated carbocycles. The summed E-state index contributed by atoms with van der Waals surface area (Å²) in [6.07, 6.45) is 0.798. The van der Waals surface area contributed by atoms with Crippen molar-refractivity contribution in [2.75, 3.05) is 5.88 Å². The molecule has 2 N–H and O–H groups in total. The van der Waals surface area contributed by atoms with Crippen molar-refractivity contribution in [3.05, 3.63) is 0 Å². The molecular weight excluding hydrogens is 277 g/mol. The van der Waals surface area contributed by atoms with Gasteiger partial charge >= 0.3 is 14.7 Å². The highest BCUT2D eigenvalue weighted by Gasteiger charge is 2.57. The number of rotatable bonds is 5. The molecule has 1 unspecified atom stereocenters. The second-order valence-corrected chi connectivity index (χ2v) is 7.83. The van der Waals surface area contributed by atoms with E-state index in [1.54, 1.807) is 0 Å². The molecule has 1 heterocycles. The SMILES string of the molecule is CC1(C)OB(C(CCCCl)P(=O)(O)O)OC1(C)C. The summed E-state index contributed by atoms with van der Waals surface area (Å²) >= 11 is 5.58. The molecule has 0 aromatic rings. The second kappa shape index (κ2) is 5.43. The topological polar surface area (TPSA) is 76.0 Å². The normalized spacial score (nSPS) is 24.3. The minimum Gasteiger partial charge on any atom is -0.403 e. The van der Waals surface area contributed by atoms with E-state index >= 15 is 0 Å². The Hall–Kier alpha value is 0.425. The summed E-state index contributed by atoms with van der Waals surface area (Å²) in [5.41, 5.74) is -2.14. The van der Waals surface area contributed by atoms with E-state index in [0.717, 1.165) is 0 Å². The van der Waals surface area contributed by atoms with Gasteiger partial charge in [0.05, 0.1) is 16.8 Å². The minimum absolute atomic E-state index is 0.282. The van der Waals surface area contributed by atoms with Crippen molar-refractivity contribution in [3.63, 3.8) is 0 Å². The Morgan fingerprint density at radius 1 is 1.22 bits per heavy atom. The Balaban J connectivity index is 2.87. The standard InChI is InChI=1S/C10H21BClO5P/c1-9(2)10(3,4)17-11(16-9)8(6-5-7-12)18(13,14)15/h8H,5-7H2,1-4H3,(H2,13,14,15). The molecule has 0 amide bonds. The fraction of sp³-hybridized carbons (Fsp3) is 1.00. The molecule has 1 rings (SSSR count). The van der Waals surface area contributed by atoms with E-state index < -0.39 is 31.5 Å². The van der Waals surface area contributed by atoms with Crippen LogP contribution in [0, 0.1) is 0 Å². The highest BCUT2D eigenvalue weighted by atomic mass is 35.5. The highest BCUT2D eigenvalue weighted by molar-refractivity contribution is 7.55. The Morgan fingerprint density at radius 2 is 1.67 bits per heavy atom. The summed E-state index contributed by atoms with van der Waals surface area (Å²) in [6.45, 7) is 7.41. The molecule has 0 aromatic heterocycles. The summed E-state index contributed by atoms with van der Waals surface area (Å²) in [7, 11) is -5.17.